The normalized spacial score (nSPS) is 12.2. The number of amides is 2. The monoisotopic (exact) mass is 370 g/mol. The Bertz CT molecular complexity index is 1090. The van der Waals surface area contributed by atoms with Gasteiger partial charge < -0.3 is 10.6 Å². The number of carbonyl (C=O) groups excluding carboxylic acids is 3. The zero-order valence-corrected chi connectivity index (χ0v) is 15.3. The first-order valence-electron chi connectivity index (χ1n) is 8.96. The molecule has 3 aromatic carbocycles. The van der Waals surface area contributed by atoms with Gasteiger partial charge in [0.15, 0.2) is 5.78 Å². The molecule has 0 bridgehead atoms. The first kappa shape index (κ1) is 17.7. The first-order valence-corrected chi connectivity index (χ1v) is 8.96. The Morgan fingerprint density at radius 3 is 2.29 bits per heavy atom. The summed E-state index contributed by atoms with van der Waals surface area (Å²) in [5.41, 5.74) is 4.80. The predicted molar refractivity (Wildman–Crippen MR) is 107 cm³/mol. The topological polar surface area (TPSA) is 75.3 Å². The Kier molecular flexibility index (Phi) is 4.49. The zero-order chi connectivity index (χ0) is 19.7. The van der Waals surface area contributed by atoms with Gasteiger partial charge in [0.1, 0.15) is 0 Å². The highest BCUT2D eigenvalue weighted by atomic mass is 16.2. The molecule has 5 nitrogen and oxygen atoms in total. The number of hydrogen-bond donors (Lipinski definition) is 2. The van der Waals surface area contributed by atoms with Gasteiger partial charge in [-0.15, -0.1) is 0 Å². The lowest BCUT2D eigenvalue weighted by Gasteiger charge is -2.13. The van der Waals surface area contributed by atoms with Crippen molar-refractivity contribution in [3.8, 4) is 11.1 Å². The van der Waals surface area contributed by atoms with E-state index >= 15 is 0 Å². The average Bonchev–Trinajstić information content (AvgIpc) is 3.11. The van der Waals surface area contributed by atoms with Gasteiger partial charge in [-0.05, 0) is 41.8 Å². The molecule has 2 N–H and O–H groups in total. The minimum Gasteiger partial charge on any atom is -0.348 e. The van der Waals surface area contributed by atoms with Crippen LogP contribution in [0.15, 0.2) is 66.7 Å². The number of rotatable bonds is 4. The number of Topliss-reactive ketones (excluding diaryl/α,β-unsaturated/α-hetero) is 1. The standard InChI is InChI=1S/C23H18N2O3/c1-14(26)15-7-9-16(10-8-15)18-11-12-20(21-19(18)13-24-23(21)28)25-22(27)17-5-3-2-4-6-17/h2-12H,13H2,1H3,(H,24,28)(H,25,27). The van der Waals surface area contributed by atoms with Gasteiger partial charge >= 0.3 is 0 Å². The van der Waals surface area contributed by atoms with E-state index in [1.54, 1.807) is 42.5 Å². The highest BCUT2D eigenvalue weighted by Gasteiger charge is 2.26. The van der Waals surface area contributed by atoms with Gasteiger partial charge in [0.05, 0.1) is 11.3 Å². The van der Waals surface area contributed by atoms with Crippen molar-refractivity contribution >= 4 is 23.3 Å². The van der Waals surface area contributed by atoms with E-state index in [2.05, 4.69) is 10.6 Å². The lowest BCUT2D eigenvalue weighted by molar-refractivity contribution is 0.0965. The third-order valence-corrected chi connectivity index (χ3v) is 4.85. The molecular weight excluding hydrogens is 352 g/mol. The van der Waals surface area contributed by atoms with Crippen molar-refractivity contribution in [3.05, 3.63) is 89.0 Å². The van der Waals surface area contributed by atoms with E-state index in [0.717, 1.165) is 16.7 Å². The lowest BCUT2D eigenvalue weighted by Crippen LogP contribution is -2.17. The van der Waals surface area contributed by atoms with Crippen LogP contribution in [0, 0.1) is 0 Å². The lowest BCUT2D eigenvalue weighted by atomic mass is 9.94. The van der Waals surface area contributed by atoms with E-state index in [-0.39, 0.29) is 17.6 Å². The molecule has 1 aliphatic heterocycles. The molecule has 0 fully saturated rings. The van der Waals surface area contributed by atoms with Crippen LogP contribution in [0.1, 0.15) is 43.6 Å². The molecule has 0 spiro atoms. The van der Waals surface area contributed by atoms with E-state index in [4.69, 9.17) is 0 Å². The van der Waals surface area contributed by atoms with Gasteiger partial charge in [-0.3, -0.25) is 14.4 Å². The van der Waals surface area contributed by atoms with Crippen LogP contribution < -0.4 is 10.6 Å². The molecule has 0 atom stereocenters. The summed E-state index contributed by atoms with van der Waals surface area (Å²) in [6.45, 7) is 1.92. The van der Waals surface area contributed by atoms with Crippen LogP contribution in [0.5, 0.6) is 0 Å². The summed E-state index contributed by atoms with van der Waals surface area (Å²) in [6, 6.07) is 19.8. The molecule has 3 aromatic rings. The molecule has 0 saturated heterocycles. The van der Waals surface area contributed by atoms with Crippen LogP contribution in [0.4, 0.5) is 5.69 Å². The Labute approximate surface area is 162 Å². The Hall–Kier alpha value is -3.73. The van der Waals surface area contributed by atoms with Crippen LogP contribution in [0.3, 0.4) is 0 Å². The Morgan fingerprint density at radius 1 is 0.893 bits per heavy atom. The van der Waals surface area contributed by atoms with Crippen molar-refractivity contribution in [3.63, 3.8) is 0 Å². The molecule has 1 aliphatic rings. The second kappa shape index (κ2) is 7.12. The first-order chi connectivity index (χ1) is 13.5. The van der Waals surface area contributed by atoms with E-state index in [1.165, 1.54) is 6.92 Å². The average molecular weight is 370 g/mol. The molecule has 28 heavy (non-hydrogen) atoms. The SMILES string of the molecule is CC(=O)c1ccc(-c2ccc(NC(=O)c3ccccc3)c3c2CNC3=O)cc1. The van der Waals surface area contributed by atoms with Crippen LogP contribution in [0.2, 0.25) is 0 Å². The maximum absolute atomic E-state index is 12.5. The molecular formula is C23H18N2O3. The summed E-state index contributed by atoms with van der Waals surface area (Å²) >= 11 is 0. The van der Waals surface area contributed by atoms with Crippen molar-refractivity contribution in [2.24, 2.45) is 0 Å². The van der Waals surface area contributed by atoms with Crippen molar-refractivity contribution in [1.82, 2.24) is 5.32 Å². The largest absolute Gasteiger partial charge is 0.348 e. The maximum atomic E-state index is 12.5. The summed E-state index contributed by atoms with van der Waals surface area (Å²) in [5, 5.41) is 5.68. The molecule has 2 amide bonds. The third-order valence-electron chi connectivity index (χ3n) is 4.85. The highest BCUT2D eigenvalue weighted by molar-refractivity contribution is 6.11. The number of fused-ring (bicyclic) bond motifs is 1. The summed E-state index contributed by atoms with van der Waals surface area (Å²) in [7, 11) is 0. The molecule has 1 heterocycles. The fourth-order valence-electron chi connectivity index (χ4n) is 3.39. The summed E-state index contributed by atoms with van der Waals surface area (Å²) in [5.74, 6) is -0.464. The molecule has 0 aliphatic carbocycles. The van der Waals surface area contributed by atoms with Crippen molar-refractivity contribution in [2.45, 2.75) is 13.5 Å². The highest BCUT2D eigenvalue weighted by Crippen LogP contribution is 2.34. The number of ketones is 1. The minimum absolute atomic E-state index is 0.00703. The van der Waals surface area contributed by atoms with Crippen molar-refractivity contribution < 1.29 is 14.4 Å². The molecule has 0 aromatic heterocycles. The van der Waals surface area contributed by atoms with E-state index in [0.29, 0.717) is 28.9 Å². The molecule has 0 unspecified atom stereocenters. The number of nitrogens with one attached hydrogen (secondary N) is 2. The van der Waals surface area contributed by atoms with Crippen LogP contribution in [0.25, 0.3) is 11.1 Å². The van der Waals surface area contributed by atoms with E-state index in [9.17, 15) is 14.4 Å². The predicted octanol–water partition coefficient (Wildman–Crippen LogP) is 4.05. The van der Waals surface area contributed by atoms with Gasteiger partial charge in [0.2, 0.25) is 0 Å². The van der Waals surface area contributed by atoms with Gasteiger partial charge in [0.25, 0.3) is 11.8 Å². The second-order valence-corrected chi connectivity index (χ2v) is 6.65. The molecule has 0 saturated carbocycles. The van der Waals surface area contributed by atoms with Crippen LogP contribution in [-0.2, 0) is 6.54 Å². The Morgan fingerprint density at radius 2 is 1.61 bits per heavy atom. The zero-order valence-electron chi connectivity index (χ0n) is 15.3. The van der Waals surface area contributed by atoms with Gasteiger partial charge in [0, 0.05) is 17.7 Å². The van der Waals surface area contributed by atoms with Crippen molar-refractivity contribution in [2.75, 3.05) is 5.32 Å². The number of hydrogen-bond acceptors (Lipinski definition) is 3. The van der Waals surface area contributed by atoms with E-state index in [1.807, 2.05) is 24.3 Å². The molecule has 5 heteroatoms. The summed E-state index contributed by atoms with van der Waals surface area (Å²) in [6.07, 6.45) is 0. The molecule has 4 rings (SSSR count). The number of benzene rings is 3. The smallest absolute Gasteiger partial charge is 0.255 e. The second-order valence-electron chi connectivity index (χ2n) is 6.65. The number of carbonyl (C=O) groups is 3. The van der Waals surface area contributed by atoms with E-state index < -0.39 is 0 Å². The Balaban J connectivity index is 1.72. The molecule has 0 radical (unpaired) electrons. The van der Waals surface area contributed by atoms with Crippen molar-refractivity contribution in [1.29, 1.82) is 0 Å². The summed E-state index contributed by atoms with van der Waals surface area (Å²) in [4.78, 5) is 36.4. The fraction of sp³-hybridized carbons (Fsp3) is 0.0870. The van der Waals surface area contributed by atoms with Crippen LogP contribution in [-0.4, -0.2) is 17.6 Å². The van der Waals surface area contributed by atoms with Gasteiger partial charge in [-0.1, -0.05) is 48.5 Å². The number of anilines is 1. The maximum Gasteiger partial charge on any atom is 0.255 e. The fourth-order valence-corrected chi connectivity index (χ4v) is 3.39. The minimum atomic E-state index is -0.263. The van der Waals surface area contributed by atoms with Gasteiger partial charge in [-0.2, -0.15) is 0 Å². The quantitative estimate of drug-likeness (QED) is 0.680. The molecule has 138 valence electrons. The third kappa shape index (κ3) is 3.18. The van der Waals surface area contributed by atoms with Gasteiger partial charge in [-0.25, -0.2) is 0 Å². The van der Waals surface area contributed by atoms with Crippen LogP contribution >= 0.6 is 0 Å². The summed E-state index contributed by atoms with van der Waals surface area (Å²) < 4.78 is 0.